The molecule has 4 aromatic heterocycles. The van der Waals surface area contributed by atoms with Gasteiger partial charge in [0, 0.05) is 38.7 Å². The Labute approximate surface area is 202 Å². The second-order valence-electron chi connectivity index (χ2n) is 8.19. The normalized spacial score (nSPS) is 15.2. The van der Waals surface area contributed by atoms with Crippen LogP contribution in [0.4, 0.5) is 29.3 Å². The van der Waals surface area contributed by atoms with Crippen molar-refractivity contribution in [3.63, 3.8) is 0 Å². The summed E-state index contributed by atoms with van der Waals surface area (Å²) in [6.45, 7) is 0.833. The number of rotatable bonds is 4. The van der Waals surface area contributed by atoms with Crippen LogP contribution >= 0.6 is 0 Å². The molecule has 36 heavy (non-hydrogen) atoms. The number of carbonyl (C=O) groups is 1. The van der Waals surface area contributed by atoms with Gasteiger partial charge < -0.3 is 16.0 Å². The number of pyridine rings is 1. The van der Waals surface area contributed by atoms with Crippen LogP contribution in [0.2, 0.25) is 0 Å². The van der Waals surface area contributed by atoms with E-state index in [1.165, 1.54) is 11.8 Å². The molecule has 1 saturated heterocycles. The molecule has 0 aromatic carbocycles. The number of carbonyl (C=O) groups excluding carboxylic acids is 1. The van der Waals surface area contributed by atoms with E-state index in [9.17, 15) is 22.4 Å². The van der Waals surface area contributed by atoms with Gasteiger partial charge in [-0.05, 0) is 24.6 Å². The summed E-state index contributed by atoms with van der Waals surface area (Å²) in [7, 11) is 1.72. The maximum absolute atomic E-state index is 12.7. The van der Waals surface area contributed by atoms with E-state index < -0.39 is 25.4 Å². The number of nitrogens with zero attached hydrogens (tertiary/aromatic N) is 8. The molecule has 4 aromatic rings. The average Bonchev–Trinajstić information content (AvgIpc) is 3.41. The first-order chi connectivity index (χ1) is 17.1. The number of likely N-dealkylation sites (tertiary alicyclic amines) is 1. The lowest BCUT2D eigenvalue weighted by Gasteiger charge is -2.31. The molecular formula is C21H24F4N10O. The molecule has 0 atom stereocenters. The first kappa shape index (κ1) is 25.1. The van der Waals surface area contributed by atoms with Crippen LogP contribution < -0.4 is 11.1 Å². The smallest absolute Gasteiger partial charge is 0.265 e. The SMILES string of the molecule is CC(=O)N1CCCC(F)(F)C1.CNc1nc(N)nn2ccc(-c3ccc4nnn(CC(F)F)c4n3)c12. The standard InChI is InChI=1S/C14H13F2N9.C7H11F2NO/c1-18-12-11-7(4-5-24(11)22-14(17)20-12)8-2-3-9-13(19-8)25(23-21-9)6-10(15)16;1-6(11)10-4-2-3-7(8,9)5-10/h2-5,10H,6H2,1H3,(H3,17,18,20,22);2-5H2,1H3. The lowest BCUT2D eigenvalue weighted by Crippen LogP contribution is -2.44. The number of aromatic nitrogens is 7. The fraction of sp³-hybridized carbons (Fsp3) is 0.429. The second kappa shape index (κ2) is 9.91. The molecule has 0 aliphatic carbocycles. The van der Waals surface area contributed by atoms with Crippen LogP contribution in [0.1, 0.15) is 19.8 Å². The fourth-order valence-electron chi connectivity index (χ4n) is 3.91. The molecule has 192 valence electrons. The van der Waals surface area contributed by atoms with Crippen molar-refractivity contribution in [3.05, 3.63) is 24.4 Å². The molecule has 15 heteroatoms. The van der Waals surface area contributed by atoms with Gasteiger partial charge in [-0.25, -0.2) is 31.7 Å². The number of halogens is 4. The number of alkyl halides is 4. The molecule has 0 saturated carbocycles. The minimum atomic E-state index is -2.66. The van der Waals surface area contributed by atoms with Gasteiger partial charge in [0.15, 0.2) is 11.5 Å². The Balaban J connectivity index is 0.000000233. The van der Waals surface area contributed by atoms with Crippen molar-refractivity contribution in [2.75, 3.05) is 31.2 Å². The molecule has 1 fully saturated rings. The summed E-state index contributed by atoms with van der Waals surface area (Å²) in [5.41, 5.74) is 8.40. The lowest BCUT2D eigenvalue weighted by atomic mass is 10.1. The summed E-state index contributed by atoms with van der Waals surface area (Å²) >= 11 is 0. The van der Waals surface area contributed by atoms with Crippen LogP contribution in [0, 0.1) is 0 Å². The van der Waals surface area contributed by atoms with Crippen LogP contribution in [0.15, 0.2) is 24.4 Å². The van der Waals surface area contributed by atoms with E-state index in [0.29, 0.717) is 41.2 Å². The lowest BCUT2D eigenvalue weighted by molar-refractivity contribution is -0.139. The Bertz CT molecular complexity index is 1390. The van der Waals surface area contributed by atoms with Gasteiger partial charge in [0.25, 0.3) is 12.3 Å². The zero-order valence-electron chi connectivity index (χ0n) is 19.5. The highest BCUT2D eigenvalue weighted by atomic mass is 19.3. The minimum Gasteiger partial charge on any atom is -0.371 e. The van der Waals surface area contributed by atoms with Crippen molar-refractivity contribution in [1.29, 1.82) is 0 Å². The average molecular weight is 508 g/mol. The molecule has 1 aliphatic rings. The summed E-state index contributed by atoms with van der Waals surface area (Å²) in [5, 5.41) is 14.7. The third-order valence-corrected chi connectivity index (χ3v) is 5.55. The van der Waals surface area contributed by atoms with Crippen molar-refractivity contribution >= 4 is 34.4 Å². The Morgan fingerprint density at radius 1 is 1.25 bits per heavy atom. The summed E-state index contributed by atoms with van der Waals surface area (Å²) in [4.78, 5) is 20.5. The zero-order valence-corrected chi connectivity index (χ0v) is 19.5. The number of hydrogen-bond donors (Lipinski definition) is 2. The van der Waals surface area contributed by atoms with Crippen molar-refractivity contribution in [2.45, 2.75) is 38.7 Å². The van der Waals surface area contributed by atoms with E-state index in [0.717, 1.165) is 10.2 Å². The van der Waals surface area contributed by atoms with Gasteiger partial charge in [-0.3, -0.25) is 4.79 Å². The molecule has 1 aliphatic heterocycles. The number of amides is 1. The van der Waals surface area contributed by atoms with Crippen LogP contribution in [0.3, 0.4) is 0 Å². The molecular weight excluding hydrogens is 484 g/mol. The van der Waals surface area contributed by atoms with Gasteiger partial charge in [-0.1, -0.05) is 5.21 Å². The molecule has 1 amide bonds. The number of anilines is 2. The van der Waals surface area contributed by atoms with Gasteiger partial charge in [0.2, 0.25) is 11.9 Å². The fourth-order valence-corrected chi connectivity index (χ4v) is 3.91. The highest BCUT2D eigenvalue weighted by Crippen LogP contribution is 2.29. The van der Waals surface area contributed by atoms with E-state index >= 15 is 0 Å². The second-order valence-corrected chi connectivity index (χ2v) is 8.19. The summed E-state index contributed by atoms with van der Waals surface area (Å²) < 4.78 is 53.3. The quantitative estimate of drug-likeness (QED) is 0.402. The highest BCUT2D eigenvalue weighted by molar-refractivity contribution is 5.89. The number of fused-ring (bicyclic) bond motifs is 2. The summed E-state index contributed by atoms with van der Waals surface area (Å²) in [5.74, 6) is -2.26. The molecule has 5 heterocycles. The predicted octanol–water partition coefficient (Wildman–Crippen LogP) is 2.69. The monoisotopic (exact) mass is 508 g/mol. The maximum Gasteiger partial charge on any atom is 0.265 e. The third kappa shape index (κ3) is 5.28. The Kier molecular flexibility index (Phi) is 6.90. The maximum atomic E-state index is 12.7. The Morgan fingerprint density at radius 2 is 2.03 bits per heavy atom. The number of nitrogen functional groups attached to an aromatic ring is 1. The number of piperidine rings is 1. The first-order valence-electron chi connectivity index (χ1n) is 11.0. The number of hydrogen-bond acceptors (Lipinski definition) is 8. The molecule has 11 nitrogen and oxygen atoms in total. The third-order valence-electron chi connectivity index (χ3n) is 5.55. The van der Waals surface area contributed by atoms with Crippen LogP contribution in [-0.2, 0) is 11.3 Å². The van der Waals surface area contributed by atoms with E-state index in [4.69, 9.17) is 5.73 Å². The minimum absolute atomic E-state index is 0.0865. The molecule has 0 bridgehead atoms. The van der Waals surface area contributed by atoms with E-state index in [2.05, 4.69) is 30.7 Å². The van der Waals surface area contributed by atoms with Crippen molar-refractivity contribution in [3.8, 4) is 11.3 Å². The summed E-state index contributed by atoms with van der Waals surface area (Å²) in [6, 6.07) is 5.24. The van der Waals surface area contributed by atoms with Gasteiger partial charge >= 0.3 is 0 Å². The van der Waals surface area contributed by atoms with Crippen molar-refractivity contribution < 1.29 is 22.4 Å². The van der Waals surface area contributed by atoms with E-state index in [1.807, 2.05) is 0 Å². The highest BCUT2D eigenvalue weighted by Gasteiger charge is 2.35. The first-order valence-corrected chi connectivity index (χ1v) is 11.0. The van der Waals surface area contributed by atoms with E-state index in [1.54, 1.807) is 36.0 Å². The van der Waals surface area contributed by atoms with Crippen LogP contribution in [-0.4, -0.2) is 77.9 Å². The topological polar surface area (TPSA) is 132 Å². The molecule has 3 N–H and O–H groups in total. The molecule has 5 rings (SSSR count). The van der Waals surface area contributed by atoms with Gasteiger partial charge in [-0.2, -0.15) is 4.98 Å². The van der Waals surface area contributed by atoms with Crippen LogP contribution in [0.5, 0.6) is 0 Å². The Hall–Kier alpha value is -4.04. The largest absolute Gasteiger partial charge is 0.371 e. The summed E-state index contributed by atoms with van der Waals surface area (Å²) in [6.07, 6.45) is -0.494. The molecule has 0 unspecified atom stereocenters. The van der Waals surface area contributed by atoms with Crippen LogP contribution in [0.25, 0.3) is 27.9 Å². The van der Waals surface area contributed by atoms with Gasteiger partial charge in [-0.15, -0.1) is 10.2 Å². The zero-order chi connectivity index (χ0) is 26.0. The van der Waals surface area contributed by atoms with E-state index in [-0.39, 0.29) is 18.3 Å². The number of nitrogens with one attached hydrogen (secondary N) is 1. The predicted molar refractivity (Wildman–Crippen MR) is 124 cm³/mol. The Morgan fingerprint density at radius 3 is 2.67 bits per heavy atom. The molecule has 0 spiro atoms. The van der Waals surface area contributed by atoms with Gasteiger partial charge in [0.05, 0.1) is 12.2 Å². The van der Waals surface area contributed by atoms with Crippen molar-refractivity contribution in [1.82, 2.24) is 39.5 Å². The van der Waals surface area contributed by atoms with Crippen molar-refractivity contribution in [2.24, 2.45) is 0 Å². The molecule has 0 radical (unpaired) electrons. The number of nitrogens with two attached hydrogens (primary N) is 1. The van der Waals surface area contributed by atoms with Gasteiger partial charge in [0.1, 0.15) is 17.6 Å².